The Hall–Kier alpha value is -2.91. The van der Waals surface area contributed by atoms with E-state index in [0.29, 0.717) is 0 Å². The molecule has 0 aliphatic heterocycles. The summed E-state index contributed by atoms with van der Waals surface area (Å²) < 4.78 is 0. The van der Waals surface area contributed by atoms with Crippen molar-refractivity contribution < 1.29 is 45.0 Å². The Morgan fingerprint density at radius 2 is 1.25 bits per heavy atom. The summed E-state index contributed by atoms with van der Waals surface area (Å²) >= 11 is 11.3. The minimum atomic E-state index is -1.79. The van der Waals surface area contributed by atoms with Gasteiger partial charge in [0.15, 0.2) is 11.5 Å². The molecule has 1 aromatic carbocycles. The molecule has 0 radical (unpaired) electrons. The highest BCUT2D eigenvalue weighted by Crippen LogP contribution is 2.48. The second-order valence-corrected chi connectivity index (χ2v) is 5.22. The van der Waals surface area contributed by atoms with Crippen molar-refractivity contribution in [1.82, 2.24) is 0 Å². The largest absolute Gasteiger partial charge is 0.506 e. The van der Waals surface area contributed by atoms with Gasteiger partial charge in [0.25, 0.3) is 5.78 Å². The van der Waals surface area contributed by atoms with Crippen LogP contribution in [0, 0.1) is 0 Å². The molecular weight excluding hydrogens is 371 g/mol. The van der Waals surface area contributed by atoms with Crippen LogP contribution in [0.4, 0.5) is 0 Å². The lowest BCUT2D eigenvalue weighted by molar-refractivity contribution is -0.120. The smallest absolute Gasteiger partial charge is 0.341 e. The lowest BCUT2D eigenvalue weighted by Gasteiger charge is -2.18. The number of aliphatic hydroxyl groups excluding tert-OH is 3. The van der Waals surface area contributed by atoms with Crippen molar-refractivity contribution in [2.75, 3.05) is 0 Å². The normalized spacial score (nSPS) is 15.2. The molecule has 0 atom stereocenters. The predicted molar refractivity (Wildman–Crippen MR) is 78.6 cm³/mol. The molecule has 24 heavy (non-hydrogen) atoms. The van der Waals surface area contributed by atoms with Gasteiger partial charge < -0.3 is 30.6 Å². The van der Waals surface area contributed by atoms with E-state index < -0.39 is 73.1 Å². The van der Waals surface area contributed by atoms with Crippen LogP contribution >= 0.6 is 23.2 Å². The zero-order valence-corrected chi connectivity index (χ0v) is 12.7. The number of phenolic OH excluding ortho intramolecular Hbond substituents is 1. The van der Waals surface area contributed by atoms with Gasteiger partial charge in [-0.05, 0) is 0 Å². The van der Waals surface area contributed by atoms with Crippen molar-refractivity contribution in [2.24, 2.45) is 0 Å². The fourth-order valence-electron chi connectivity index (χ4n) is 1.99. The zero-order valence-electron chi connectivity index (χ0n) is 11.2. The van der Waals surface area contributed by atoms with Crippen LogP contribution in [-0.2, 0) is 9.59 Å². The van der Waals surface area contributed by atoms with Crippen molar-refractivity contribution in [3.05, 3.63) is 38.4 Å². The molecule has 6 N–H and O–H groups in total. The number of carboxylic acid groups (broad SMARTS) is 1. The van der Waals surface area contributed by atoms with Gasteiger partial charge in [-0.1, -0.05) is 23.2 Å². The van der Waals surface area contributed by atoms with Crippen molar-refractivity contribution in [3.8, 4) is 11.5 Å². The summed E-state index contributed by atoms with van der Waals surface area (Å²) in [5.74, 6) is -11.4. The number of benzene rings is 1. The Morgan fingerprint density at radius 1 is 0.750 bits per heavy atom. The minimum Gasteiger partial charge on any atom is -0.506 e. The summed E-state index contributed by atoms with van der Waals surface area (Å²) in [4.78, 5) is 34.8. The number of carbonyl (C=O) groups is 3. The Labute approximate surface area is 141 Å². The second-order valence-electron chi connectivity index (χ2n) is 4.46. The zero-order chi connectivity index (χ0) is 18.5. The summed E-state index contributed by atoms with van der Waals surface area (Å²) in [6, 6.07) is 0. The molecule has 0 amide bonds. The van der Waals surface area contributed by atoms with Gasteiger partial charge in [-0.2, -0.15) is 0 Å². The van der Waals surface area contributed by atoms with Gasteiger partial charge in [0, 0.05) is 0 Å². The maximum absolute atomic E-state index is 12.0. The molecule has 9 nitrogen and oxygen atoms in total. The number of hydrogen-bond donors (Lipinski definition) is 6. The monoisotopic (exact) mass is 376 g/mol. The fourth-order valence-corrected chi connectivity index (χ4v) is 2.53. The Bertz CT molecular complexity index is 895. The molecule has 11 heteroatoms. The summed E-state index contributed by atoms with van der Waals surface area (Å²) in [5, 5.41) is 55.2. The van der Waals surface area contributed by atoms with Crippen molar-refractivity contribution in [3.63, 3.8) is 0 Å². The number of Topliss-reactive ketones (excluding diaryl/α,β-unsaturated/α-hetero) is 2. The summed E-state index contributed by atoms with van der Waals surface area (Å²) in [7, 11) is 0. The molecule has 0 bridgehead atoms. The van der Waals surface area contributed by atoms with Gasteiger partial charge in [0.05, 0.1) is 16.2 Å². The molecule has 2 rings (SSSR count). The van der Waals surface area contributed by atoms with E-state index >= 15 is 0 Å². The van der Waals surface area contributed by atoms with Crippen molar-refractivity contribution >= 4 is 46.3 Å². The van der Waals surface area contributed by atoms with Gasteiger partial charge in [0.1, 0.15) is 16.3 Å². The first-order valence-electron chi connectivity index (χ1n) is 5.83. The van der Waals surface area contributed by atoms with Crippen LogP contribution in [0.5, 0.6) is 11.5 Å². The molecule has 1 aromatic rings. The summed E-state index contributed by atoms with van der Waals surface area (Å²) in [6.07, 6.45) is 0. The van der Waals surface area contributed by atoms with Gasteiger partial charge in [0.2, 0.25) is 17.3 Å². The third kappa shape index (κ3) is 2.22. The fraction of sp³-hybridized carbons (Fsp3) is 0. The van der Waals surface area contributed by atoms with Crippen molar-refractivity contribution in [1.29, 1.82) is 0 Å². The number of carbonyl (C=O) groups excluding carboxylic acids is 2. The van der Waals surface area contributed by atoms with Crippen LogP contribution in [0.2, 0.25) is 10.0 Å². The molecule has 0 spiro atoms. The predicted octanol–water partition coefficient (Wildman–Crippen LogP) is 1.85. The first-order chi connectivity index (χ1) is 11.0. The van der Waals surface area contributed by atoms with E-state index in [1.165, 1.54) is 0 Å². The third-order valence-electron chi connectivity index (χ3n) is 3.13. The summed E-state index contributed by atoms with van der Waals surface area (Å²) in [6.45, 7) is 0. The highest BCUT2D eigenvalue weighted by atomic mass is 35.5. The van der Waals surface area contributed by atoms with E-state index in [9.17, 15) is 39.9 Å². The van der Waals surface area contributed by atoms with Crippen molar-refractivity contribution in [2.45, 2.75) is 0 Å². The number of aliphatic hydroxyl groups is 3. The average Bonchev–Trinajstić information content (AvgIpc) is 2.52. The van der Waals surface area contributed by atoms with Crippen LogP contribution in [0.1, 0.15) is 15.9 Å². The van der Waals surface area contributed by atoms with E-state index in [4.69, 9.17) is 28.3 Å². The molecule has 126 valence electrons. The standard InChI is InChI=1S/C13H6Cl2O9/c14-4-1(6(16)5(15)7(17)3(4)13(23)24)2-8(18)10(20)12(22)11(21)9(2)19/h16-18,21-22H,(H,23,24). The van der Waals surface area contributed by atoms with Crippen LogP contribution in [0.25, 0.3) is 5.57 Å². The topological polar surface area (TPSA) is 173 Å². The van der Waals surface area contributed by atoms with E-state index in [0.717, 1.165) is 0 Å². The number of hydrogen-bond acceptors (Lipinski definition) is 8. The van der Waals surface area contributed by atoms with Crippen LogP contribution in [0.3, 0.4) is 0 Å². The number of ketones is 2. The first-order valence-corrected chi connectivity index (χ1v) is 6.59. The molecule has 0 unspecified atom stereocenters. The minimum absolute atomic E-state index is 0.910. The highest BCUT2D eigenvalue weighted by molar-refractivity contribution is 6.45. The molecule has 1 aliphatic carbocycles. The maximum Gasteiger partial charge on any atom is 0.341 e. The molecule has 1 aliphatic rings. The average molecular weight is 377 g/mol. The number of rotatable bonds is 2. The number of allylic oxidation sites excluding steroid dienone is 1. The third-order valence-corrected chi connectivity index (χ3v) is 3.86. The van der Waals surface area contributed by atoms with Crippen LogP contribution < -0.4 is 0 Å². The Morgan fingerprint density at radius 3 is 1.75 bits per heavy atom. The van der Waals surface area contributed by atoms with Gasteiger partial charge >= 0.3 is 5.97 Å². The SMILES string of the molecule is O=C1C(O)=C(O)C(=O)C(c2c(O)c(Cl)c(O)c(C(=O)O)c2Cl)=C1O. The van der Waals surface area contributed by atoms with E-state index in [1.54, 1.807) is 0 Å². The van der Waals surface area contributed by atoms with Gasteiger partial charge in [-0.25, -0.2) is 4.79 Å². The van der Waals surface area contributed by atoms with E-state index in [-0.39, 0.29) is 0 Å². The molecular formula is C13H6Cl2O9. The molecule has 0 saturated carbocycles. The Balaban J connectivity index is 2.95. The number of aromatic carboxylic acids is 1. The highest BCUT2D eigenvalue weighted by Gasteiger charge is 2.40. The Kier molecular flexibility index (Phi) is 4.09. The molecule has 0 aromatic heterocycles. The number of aromatic hydroxyl groups is 2. The number of halogens is 2. The summed E-state index contributed by atoms with van der Waals surface area (Å²) in [5.41, 5.74) is -3.03. The quantitative estimate of drug-likeness (QED) is 0.421. The second kappa shape index (κ2) is 5.62. The van der Waals surface area contributed by atoms with Gasteiger partial charge in [-0.15, -0.1) is 0 Å². The molecule has 0 fully saturated rings. The maximum atomic E-state index is 12.0. The molecule has 0 heterocycles. The van der Waals surface area contributed by atoms with E-state index in [1.807, 2.05) is 0 Å². The van der Waals surface area contributed by atoms with Crippen LogP contribution in [0.15, 0.2) is 17.3 Å². The van der Waals surface area contributed by atoms with Gasteiger partial charge in [-0.3, -0.25) is 9.59 Å². The first kappa shape index (κ1) is 17.4. The number of phenols is 2. The van der Waals surface area contributed by atoms with Crippen LogP contribution in [-0.4, -0.2) is 48.2 Å². The lowest BCUT2D eigenvalue weighted by Crippen LogP contribution is -2.23. The number of carboxylic acids is 1. The molecule has 0 saturated heterocycles. The van der Waals surface area contributed by atoms with E-state index in [2.05, 4.69) is 0 Å². The lowest BCUT2D eigenvalue weighted by atomic mass is 9.90.